The van der Waals surface area contributed by atoms with E-state index in [0.717, 1.165) is 25.0 Å². The number of anilines is 2. The summed E-state index contributed by atoms with van der Waals surface area (Å²) in [6.07, 6.45) is -2.45. The minimum atomic E-state index is -4.44. The van der Waals surface area contributed by atoms with E-state index in [9.17, 15) is 22.4 Å². The van der Waals surface area contributed by atoms with Crippen LogP contribution >= 0.6 is 0 Å². The van der Waals surface area contributed by atoms with Crippen molar-refractivity contribution in [1.29, 1.82) is 0 Å². The van der Waals surface area contributed by atoms with Crippen LogP contribution in [0.3, 0.4) is 0 Å². The first-order chi connectivity index (χ1) is 11.3. The highest BCUT2D eigenvalue weighted by Gasteiger charge is 2.28. The fraction of sp³-hybridized carbons (Fsp3) is 0.333. The molecule has 128 valence electrons. The van der Waals surface area contributed by atoms with Crippen LogP contribution in [0.2, 0.25) is 0 Å². The number of rotatable bonds is 5. The molecule has 1 amide bonds. The number of carbonyl (C=O) groups is 1. The molecule has 3 rings (SSSR count). The highest BCUT2D eigenvalue weighted by molar-refractivity contribution is 6.02. The van der Waals surface area contributed by atoms with Crippen molar-refractivity contribution in [2.75, 3.05) is 17.2 Å². The molecule has 1 aliphatic carbocycles. The van der Waals surface area contributed by atoms with Gasteiger partial charge in [0, 0.05) is 23.4 Å². The van der Waals surface area contributed by atoms with Crippen molar-refractivity contribution in [2.45, 2.75) is 24.9 Å². The van der Waals surface area contributed by atoms with Gasteiger partial charge in [-0.1, -0.05) is 5.16 Å². The van der Waals surface area contributed by atoms with Crippen molar-refractivity contribution in [3.8, 4) is 0 Å². The summed E-state index contributed by atoms with van der Waals surface area (Å²) in [5.74, 6) is -1.16. The number of nitrogens with zero attached hydrogens (tertiary/aromatic N) is 1. The maximum Gasteiger partial charge on any atom is 0.405 e. The van der Waals surface area contributed by atoms with Gasteiger partial charge in [0.15, 0.2) is 0 Å². The monoisotopic (exact) mass is 343 g/mol. The molecular weight excluding hydrogens is 330 g/mol. The first-order valence-electron chi connectivity index (χ1n) is 7.19. The van der Waals surface area contributed by atoms with Crippen LogP contribution in [0.1, 0.15) is 35.0 Å². The third-order valence-corrected chi connectivity index (χ3v) is 3.40. The van der Waals surface area contributed by atoms with Crippen molar-refractivity contribution >= 4 is 17.3 Å². The Morgan fingerprint density at radius 3 is 2.58 bits per heavy atom. The van der Waals surface area contributed by atoms with Gasteiger partial charge in [0.05, 0.1) is 5.69 Å². The standard InChI is InChI=1S/C15H13F4N3O2/c16-9-3-10(20-7-15(17,18)19)5-11(4-9)21-14(23)13-6-12(22-24-13)8-1-2-8/h3-6,8,20H,1-2,7H2,(H,21,23). The first-order valence-corrected chi connectivity index (χ1v) is 7.19. The number of halogens is 4. The smallest absolute Gasteiger partial charge is 0.376 e. The number of amides is 1. The summed E-state index contributed by atoms with van der Waals surface area (Å²) >= 11 is 0. The minimum absolute atomic E-state index is 0.00838. The SMILES string of the molecule is O=C(Nc1cc(F)cc(NCC(F)(F)F)c1)c1cc(C2CC2)no1. The van der Waals surface area contributed by atoms with Crippen LogP contribution in [0.4, 0.5) is 28.9 Å². The fourth-order valence-electron chi connectivity index (χ4n) is 2.13. The number of hydrogen-bond donors (Lipinski definition) is 2. The highest BCUT2D eigenvalue weighted by atomic mass is 19.4. The van der Waals surface area contributed by atoms with E-state index in [0.29, 0.717) is 11.6 Å². The molecule has 0 radical (unpaired) electrons. The molecule has 9 heteroatoms. The summed E-state index contributed by atoms with van der Waals surface area (Å²) in [6.45, 7) is -1.31. The molecular formula is C15H13F4N3O2. The maximum absolute atomic E-state index is 13.5. The van der Waals surface area contributed by atoms with E-state index < -0.39 is 24.4 Å². The molecule has 1 fully saturated rings. The molecule has 0 bridgehead atoms. The molecule has 0 unspecified atom stereocenters. The fourth-order valence-corrected chi connectivity index (χ4v) is 2.13. The Balaban J connectivity index is 1.69. The Kier molecular flexibility index (Phi) is 4.16. The lowest BCUT2D eigenvalue weighted by Crippen LogP contribution is -2.21. The molecule has 1 aromatic heterocycles. The Morgan fingerprint density at radius 1 is 1.21 bits per heavy atom. The summed E-state index contributed by atoms with van der Waals surface area (Å²) in [7, 11) is 0. The third-order valence-electron chi connectivity index (χ3n) is 3.40. The van der Waals surface area contributed by atoms with Gasteiger partial charge in [0.1, 0.15) is 12.4 Å². The molecule has 2 aromatic rings. The second-order valence-electron chi connectivity index (χ2n) is 5.54. The molecule has 1 aromatic carbocycles. The lowest BCUT2D eigenvalue weighted by molar-refractivity contribution is -0.115. The largest absolute Gasteiger partial charge is 0.405 e. The molecule has 2 N–H and O–H groups in total. The summed E-state index contributed by atoms with van der Waals surface area (Å²) < 4.78 is 55.0. The topological polar surface area (TPSA) is 67.2 Å². The summed E-state index contributed by atoms with van der Waals surface area (Å²) in [5, 5.41) is 8.21. The van der Waals surface area contributed by atoms with Crippen LogP contribution in [0.5, 0.6) is 0 Å². The maximum atomic E-state index is 13.5. The van der Waals surface area contributed by atoms with Gasteiger partial charge < -0.3 is 15.2 Å². The van der Waals surface area contributed by atoms with Crippen LogP contribution in [0.15, 0.2) is 28.8 Å². The Hall–Kier alpha value is -2.58. The van der Waals surface area contributed by atoms with Crippen LogP contribution in [0.25, 0.3) is 0 Å². The van der Waals surface area contributed by atoms with Crippen molar-refractivity contribution in [2.24, 2.45) is 0 Å². The number of benzene rings is 1. The Labute approximate surface area is 134 Å². The molecule has 1 saturated carbocycles. The number of hydrogen-bond acceptors (Lipinski definition) is 4. The van der Waals surface area contributed by atoms with Crippen LogP contribution in [-0.4, -0.2) is 23.8 Å². The predicted octanol–water partition coefficient (Wildman–Crippen LogP) is 3.92. The first kappa shape index (κ1) is 16.3. The van der Waals surface area contributed by atoms with Crippen LogP contribution in [-0.2, 0) is 0 Å². The van der Waals surface area contributed by atoms with Crippen LogP contribution < -0.4 is 10.6 Å². The molecule has 0 atom stereocenters. The van der Waals surface area contributed by atoms with E-state index in [2.05, 4.69) is 15.8 Å². The molecule has 1 aliphatic rings. The Bertz CT molecular complexity index is 753. The van der Waals surface area contributed by atoms with Gasteiger partial charge in [0.25, 0.3) is 5.91 Å². The van der Waals surface area contributed by atoms with E-state index in [1.54, 1.807) is 0 Å². The van der Waals surface area contributed by atoms with Gasteiger partial charge in [-0.15, -0.1) is 0 Å². The zero-order chi connectivity index (χ0) is 17.3. The van der Waals surface area contributed by atoms with Gasteiger partial charge in [-0.3, -0.25) is 4.79 Å². The number of nitrogens with one attached hydrogen (secondary N) is 2. The van der Waals surface area contributed by atoms with Crippen molar-refractivity contribution in [1.82, 2.24) is 5.16 Å². The second-order valence-corrected chi connectivity index (χ2v) is 5.54. The Morgan fingerprint density at radius 2 is 1.92 bits per heavy atom. The third kappa shape index (κ3) is 4.24. The normalized spacial score (nSPS) is 14.5. The number of aromatic nitrogens is 1. The number of carbonyl (C=O) groups excluding carboxylic acids is 1. The summed E-state index contributed by atoms with van der Waals surface area (Å²) in [5.41, 5.74) is 0.597. The van der Waals surface area contributed by atoms with Gasteiger partial charge in [0.2, 0.25) is 5.76 Å². The van der Waals surface area contributed by atoms with Crippen molar-refractivity contribution in [3.05, 3.63) is 41.5 Å². The van der Waals surface area contributed by atoms with Gasteiger partial charge in [-0.05, 0) is 31.0 Å². The minimum Gasteiger partial charge on any atom is -0.376 e. The second kappa shape index (κ2) is 6.14. The van der Waals surface area contributed by atoms with E-state index in [4.69, 9.17) is 4.52 Å². The highest BCUT2D eigenvalue weighted by Crippen LogP contribution is 2.39. The van der Waals surface area contributed by atoms with Crippen molar-refractivity contribution < 1.29 is 26.9 Å². The predicted molar refractivity (Wildman–Crippen MR) is 77.4 cm³/mol. The quantitative estimate of drug-likeness (QED) is 0.808. The average Bonchev–Trinajstić information content (AvgIpc) is 3.21. The van der Waals surface area contributed by atoms with Gasteiger partial charge in [-0.2, -0.15) is 13.2 Å². The zero-order valence-electron chi connectivity index (χ0n) is 12.3. The van der Waals surface area contributed by atoms with Gasteiger partial charge in [-0.25, -0.2) is 4.39 Å². The summed E-state index contributed by atoms with van der Waals surface area (Å²) in [6, 6.07) is 4.61. The van der Waals surface area contributed by atoms with Crippen LogP contribution in [0, 0.1) is 5.82 Å². The van der Waals surface area contributed by atoms with E-state index in [1.807, 2.05) is 0 Å². The molecule has 0 aliphatic heterocycles. The number of alkyl halides is 3. The lowest BCUT2D eigenvalue weighted by atomic mass is 10.2. The molecule has 24 heavy (non-hydrogen) atoms. The lowest BCUT2D eigenvalue weighted by Gasteiger charge is -2.11. The van der Waals surface area contributed by atoms with Gasteiger partial charge >= 0.3 is 6.18 Å². The van der Waals surface area contributed by atoms with E-state index >= 15 is 0 Å². The van der Waals surface area contributed by atoms with E-state index in [-0.39, 0.29) is 17.1 Å². The summed E-state index contributed by atoms with van der Waals surface area (Å²) in [4.78, 5) is 12.0. The molecule has 0 saturated heterocycles. The van der Waals surface area contributed by atoms with E-state index in [1.165, 1.54) is 12.1 Å². The molecule has 1 heterocycles. The molecule has 5 nitrogen and oxygen atoms in total. The van der Waals surface area contributed by atoms with Crippen molar-refractivity contribution in [3.63, 3.8) is 0 Å². The average molecular weight is 343 g/mol. The zero-order valence-corrected chi connectivity index (χ0v) is 12.3. The molecule has 0 spiro atoms.